The number of hydrogen-bond donors (Lipinski definition) is 1. The highest BCUT2D eigenvalue weighted by Gasteiger charge is 2.12. The van der Waals surface area contributed by atoms with E-state index in [1.165, 1.54) is 12.1 Å². The lowest BCUT2D eigenvalue weighted by atomic mass is 10.1. The highest BCUT2D eigenvalue weighted by molar-refractivity contribution is 7.99. The van der Waals surface area contributed by atoms with Crippen LogP contribution in [-0.4, -0.2) is 13.7 Å². The molecule has 0 aliphatic heterocycles. The summed E-state index contributed by atoms with van der Waals surface area (Å²) < 4.78 is 18.1. The zero-order valence-corrected chi connectivity index (χ0v) is 11.5. The Labute approximate surface area is 116 Å². The molecule has 4 heteroatoms. The van der Waals surface area contributed by atoms with E-state index in [9.17, 15) is 4.39 Å². The molecule has 0 radical (unpaired) electrons. The van der Waals surface area contributed by atoms with E-state index in [2.05, 4.69) is 0 Å². The lowest BCUT2D eigenvalue weighted by molar-refractivity contribution is 0.413. The molecule has 2 nitrogen and oxygen atoms in total. The molecule has 2 aromatic rings. The van der Waals surface area contributed by atoms with Gasteiger partial charge in [-0.25, -0.2) is 4.39 Å². The molecule has 1 unspecified atom stereocenters. The van der Waals surface area contributed by atoms with Gasteiger partial charge in [0, 0.05) is 16.7 Å². The monoisotopic (exact) mass is 277 g/mol. The molecule has 2 N–H and O–H groups in total. The summed E-state index contributed by atoms with van der Waals surface area (Å²) in [6, 6.07) is 14.3. The molecule has 2 rings (SSSR count). The van der Waals surface area contributed by atoms with Gasteiger partial charge in [0.05, 0.1) is 7.11 Å². The standard InChI is InChI=1S/C15H16FNOS/c1-18-13-3-2-4-14(9-13)19-15(10-17)11-5-7-12(16)8-6-11/h2-9,15H,10,17H2,1H3. The minimum absolute atomic E-state index is 0.104. The molecule has 1 atom stereocenters. The third kappa shape index (κ3) is 3.72. The number of ether oxygens (including phenoxy) is 1. The van der Waals surface area contributed by atoms with Crippen LogP contribution in [0.2, 0.25) is 0 Å². The first-order chi connectivity index (χ1) is 9.22. The highest BCUT2D eigenvalue weighted by atomic mass is 32.2. The molecule has 0 saturated carbocycles. The Kier molecular flexibility index (Phi) is 4.82. The molecule has 100 valence electrons. The van der Waals surface area contributed by atoms with E-state index in [-0.39, 0.29) is 11.1 Å². The van der Waals surface area contributed by atoms with Crippen LogP contribution in [0, 0.1) is 5.82 Å². The maximum atomic E-state index is 12.9. The minimum atomic E-state index is -0.231. The summed E-state index contributed by atoms with van der Waals surface area (Å²) in [6.07, 6.45) is 0. The van der Waals surface area contributed by atoms with E-state index in [1.807, 2.05) is 24.3 Å². The Morgan fingerprint density at radius 2 is 1.95 bits per heavy atom. The first-order valence-corrected chi connectivity index (χ1v) is 6.87. The number of benzene rings is 2. The smallest absolute Gasteiger partial charge is 0.123 e. The van der Waals surface area contributed by atoms with Crippen LogP contribution in [0.25, 0.3) is 0 Å². The number of hydrogen-bond acceptors (Lipinski definition) is 3. The number of nitrogens with two attached hydrogens (primary N) is 1. The van der Waals surface area contributed by atoms with Gasteiger partial charge in [0.25, 0.3) is 0 Å². The van der Waals surface area contributed by atoms with Gasteiger partial charge in [-0.05, 0) is 35.9 Å². The second kappa shape index (κ2) is 6.59. The lowest BCUT2D eigenvalue weighted by Crippen LogP contribution is -2.09. The summed E-state index contributed by atoms with van der Waals surface area (Å²) in [7, 11) is 1.64. The van der Waals surface area contributed by atoms with Crippen molar-refractivity contribution in [3.8, 4) is 5.75 Å². The van der Waals surface area contributed by atoms with Crippen molar-refractivity contribution in [1.29, 1.82) is 0 Å². The summed E-state index contributed by atoms with van der Waals surface area (Å²) in [4.78, 5) is 1.08. The van der Waals surface area contributed by atoms with Gasteiger partial charge in [0.15, 0.2) is 0 Å². The highest BCUT2D eigenvalue weighted by Crippen LogP contribution is 2.35. The minimum Gasteiger partial charge on any atom is -0.497 e. The van der Waals surface area contributed by atoms with Crippen molar-refractivity contribution in [3.63, 3.8) is 0 Å². The molecule has 0 aliphatic carbocycles. The summed E-state index contributed by atoms with van der Waals surface area (Å²) in [5.74, 6) is 0.589. The first kappa shape index (κ1) is 13.9. The second-order valence-electron chi connectivity index (χ2n) is 4.07. The van der Waals surface area contributed by atoms with Crippen LogP contribution in [-0.2, 0) is 0 Å². The van der Waals surface area contributed by atoms with Crippen LogP contribution in [0.1, 0.15) is 10.8 Å². The zero-order valence-electron chi connectivity index (χ0n) is 10.7. The molecular formula is C15H16FNOS. The van der Waals surface area contributed by atoms with E-state index < -0.39 is 0 Å². The molecule has 0 heterocycles. The van der Waals surface area contributed by atoms with Gasteiger partial charge in [-0.3, -0.25) is 0 Å². The van der Waals surface area contributed by atoms with Gasteiger partial charge in [-0.15, -0.1) is 11.8 Å². The Bertz CT molecular complexity index is 530. The Balaban J connectivity index is 2.16. The molecule has 0 spiro atoms. The van der Waals surface area contributed by atoms with Gasteiger partial charge < -0.3 is 10.5 Å². The maximum absolute atomic E-state index is 12.9. The van der Waals surface area contributed by atoms with E-state index in [0.717, 1.165) is 16.2 Å². The molecule has 0 aliphatic rings. The normalized spacial score (nSPS) is 12.2. The molecule has 0 aromatic heterocycles. The van der Waals surface area contributed by atoms with Gasteiger partial charge >= 0.3 is 0 Å². The average Bonchev–Trinajstić information content (AvgIpc) is 2.46. The van der Waals surface area contributed by atoms with E-state index in [1.54, 1.807) is 31.0 Å². The van der Waals surface area contributed by atoms with Crippen molar-refractivity contribution < 1.29 is 9.13 Å². The third-order valence-corrected chi connectivity index (χ3v) is 4.05. The van der Waals surface area contributed by atoms with Crippen LogP contribution in [0.3, 0.4) is 0 Å². The van der Waals surface area contributed by atoms with Crippen LogP contribution >= 0.6 is 11.8 Å². The molecular weight excluding hydrogens is 261 g/mol. The Morgan fingerprint density at radius 3 is 2.58 bits per heavy atom. The fourth-order valence-electron chi connectivity index (χ4n) is 1.77. The summed E-state index contributed by atoms with van der Waals surface area (Å²) in [6.45, 7) is 0.494. The maximum Gasteiger partial charge on any atom is 0.123 e. The number of thioether (sulfide) groups is 1. The van der Waals surface area contributed by atoms with Crippen LogP contribution < -0.4 is 10.5 Å². The fraction of sp³-hybridized carbons (Fsp3) is 0.200. The van der Waals surface area contributed by atoms with Crippen molar-refractivity contribution in [2.75, 3.05) is 13.7 Å². The van der Waals surface area contributed by atoms with Crippen molar-refractivity contribution in [2.45, 2.75) is 10.1 Å². The van der Waals surface area contributed by atoms with Crippen molar-refractivity contribution in [3.05, 3.63) is 59.9 Å². The summed E-state index contributed by atoms with van der Waals surface area (Å²) in [5.41, 5.74) is 6.84. The van der Waals surface area contributed by atoms with Crippen LogP contribution in [0.4, 0.5) is 4.39 Å². The summed E-state index contributed by atoms with van der Waals surface area (Å²) in [5, 5.41) is 0.104. The lowest BCUT2D eigenvalue weighted by Gasteiger charge is -2.15. The predicted molar refractivity (Wildman–Crippen MR) is 77.0 cm³/mol. The molecule has 19 heavy (non-hydrogen) atoms. The van der Waals surface area contributed by atoms with Gasteiger partial charge in [-0.2, -0.15) is 0 Å². The molecule has 0 bridgehead atoms. The second-order valence-corrected chi connectivity index (χ2v) is 5.35. The van der Waals surface area contributed by atoms with E-state index >= 15 is 0 Å². The number of rotatable bonds is 5. The topological polar surface area (TPSA) is 35.2 Å². The largest absolute Gasteiger partial charge is 0.497 e. The molecule has 0 fully saturated rings. The molecule has 2 aromatic carbocycles. The fourth-order valence-corrected chi connectivity index (χ4v) is 2.83. The van der Waals surface area contributed by atoms with E-state index in [4.69, 9.17) is 10.5 Å². The Hall–Kier alpha value is -1.52. The quantitative estimate of drug-likeness (QED) is 0.848. The van der Waals surface area contributed by atoms with E-state index in [0.29, 0.717) is 6.54 Å². The molecule has 0 saturated heterocycles. The number of methoxy groups -OCH3 is 1. The van der Waals surface area contributed by atoms with Gasteiger partial charge in [-0.1, -0.05) is 18.2 Å². The van der Waals surface area contributed by atoms with Crippen molar-refractivity contribution in [2.24, 2.45) is 5.73 Å². The SMILES string of the molecule is COc1cccc(SC(CN)c2ccc(F)cc2)c1. The first-order valence-electron chi connectivity index (χ1n) is 5.99. The van der Waals surface area contributed by atoms with Crippen LogP contribution in [0.15, 0.2) is 53.4 Å². The third-order valence-electron chi connectivity index (χ3n) is 2.78. The Morgan fingerprint density at radius 1 is 1.21 bits per heavy atom. The number of halogens is 1. The van der Waals surface area contributed by atoms with Gasteiger partial charge in [0.1, 0.15) is 11.6 Å². The van der Waals surface area contributed by atoms with Crippen LogP contribution in [0.5, 0.6) is 5.75 Å². The van der Waals surface area contributed by atoms with Gasteiger partial charge in [0.2, 0.25) is 0 Å². The zero-order chi connectivity index (χ0) is 13.7. The average molecular weight is 277 g/mol. The molecule has 0 amide bonds. The predicted octanol–water partition coefficient (Wildman–Crippen LogP) is 3.63. The van der Waals surface area contributed by atoms with Crippen molar-refractivity contribution in [1.82, 2.24) is 0 Å². The summed E-state index contributed by atoms with van der Waals surface area (Å²) >= 11 is 1.65. The van der Waals surface area contributed by atoms with Crippen molar-refractivity contribution >= 4 is 11.8 Å².